The van der Waals surface area contributed by atoms with Crippen LogP contribution in [0.25, 0.3) is 0 Å². The third kappa shape index (κ3) is 5.64. The molecule has 4 heteroatoms. The molecule has 3 N–H and O–H groups in total. The van der Waals surface area contributed by atoms with Crippen LogP contribution in [0.3, 0.4) is 0 Å². The van der Waals surface area contributed by atoms with Crippen molar-refractivity contribution in [3.8, 4) is 0 Å². The van der Waals surface area contributed by atoms with Gasteiger partial charge in [-0.25, -0.2) is 0 Å². The molecule has 0 bridgehead atoms. The summed E-state index contributed by atoms with van der Waals surface area (Å²) in [5, 5.41) is 3.28. The van der Waals surface area contributed by atoms with Crippen molar-refractivity contribution in [2.24, 2.45) is 10.7 Å². The molecule has 0 aromatic carbocycles. The lowest BCUT2D eigenvalue weighted by molar-refractivity contribution is 0.629. The van der Waals surface area contributed by atoms with Crippen LogP contribution in [0, 0.1) is 0 Å². The molecule has 0 radical (unpaired) electrons. The van der Waals surface area contributed by atoms with E-state index in [4.69, 9.17) is 5.73 Å². The Kier molecular flexibility index (Phi) is 6.69. The second kappa shape index (κ2) is 7.82. The highest BCUT2D eigenvalue weighted by Crippen LogP contribution is 2.20. The van der Waals surface area contributed by atoms with Crippen LogP contribution in [0.1, 0.15) is 46.0 Å². The number of rotatable bonds is 6. The lowest BCUT2D eigenvalue weighted by Gasteiger charge is -2.15. The predicted molar refractivity (Wildman–Crippen MR) is 74.1 cm³/mol. The predicted octanol–water partition coefficient (Wildman–Crippen LogP) is 2.37. The van der Waals surface area contributed by atoms with Gasteiger partial charge in [-0.1, -0.05) is 19.8 Å². The van der Waals surface area contributed by atoms with Crippen molar-refractivity contribution < 1.29 is 0 Å². The Bertz CT molecular complexity index is 212. The average Bonchev–Trinajstić information content (AvgIpc) is 2.70. The first-order valence-electron chi connectivity index (χ1n) is 6.40. The van der Waals surface area contributed by atoms with E-state index < -0.39 is 0 Å². The topological polar surface area (TPSA) is 50.4 Å². The Morgan fingerprint density at radius 1 is 1.50 bits per heavy atom. The number of aliphatic imine (C=N–C) groups is 1. The Morgan fingerprint density at radius 2 is 2.19 bits per heavy atom. The zero-order valence-electron chi connectivity index (χ0n) is 10.5. The minimum Gasteiger partial charge on any atom is -0.370 e. The molecule has 1 fully saturated rings. The van der Waals surface area contributed by atoms with Gasteiger partial charge < -0.3 is 11.1 Å². The van der Waals surface area contributed by atoms with E-state index in [0.717, 1.165) is 6.42 Å². The quantitative estimate of drug-likeness (QED) is 0.428. The number of nitrogens with two attached hydrogens (primary N) is 1. The van der Waals surface area contributed by atoms with Gasteiger partial charge in [0, 0.05) is 6.04 Å². The molecule has 1 rings (SSSR count). The Balaban J connectivity index is 2.18. The molecule has 0 aromatic rings. The summed E-state index contributed by atoms with van der Waals surface area (Å²) in [6.45, 7) is 4.37. The molecule has 0 aliphatic heterocycles. The Labute approximate surface area is 104 Å². The highest BCUT2D eigenvalue weighted by atomic mass is 32.2. The highest BCUT2D eigenvalue weighted by Gasteiger charge is 2.14. The van der Waals surface area contributed by atoms with Crippen LogP contribution in [0.4, 0.5) is 0 Å². The summed E-state index contributed by atoms with van der Waals surface area (Å²) in [7, 11) is 0. The van der Waals surface area contributed by atoms with E-state index in [9.17, 15) is 0 Å². The van der Waals surface area contributed by atoms with Gasteiger partial charge in [0.05, 0.1) is 6.04 Å². The minimum atomic E-state index is 0.434. The van der Waals surface area contributed by atoms with Gasteiger partial charge in [0.25, 0.3) is 0 Å². The van der Waals surface area contributed by atoms with E-state index in [1.807, 2.05) is 11.8 Å². The minimum absolute atomic E-state index is 0.434. The maximum atomic E-state index is 5.89. The van der Waals surface area contributed by atoms with E-state index in [-0.39, 0.29) is 0 Å². The molecule has 1 unspecified atom stereocenters. The fourth-order valence-electron chi connectivity index (χ4n) is 2.00. The van der Waals surface area contributed by atoms with Crippen LogP contribution in [-0.4, -0.2) is 29.5 Å². The fraction of sp³-hybridized carbons (Fsp3) is 0.917. The molecule has 0 saturated heterocycles. The van der Waals surface area contributed by atoms with E-state index in [1.165, 1.54) is 37.2 Å². The molecule has 1 atom stereocenters. The van der Waals surface area contributed by atoms with E-state index in [1.54, 1.807) is 0 Å². The third-order valence-corrected chi connectivity index (χ3v) is 3.87. The zero-order chi connectivity index (χ0) is 11.8. The van der Waals surface area contributed by atoms with Crippen LogP contribution in [0.15, 0.2) is 4.99 Å². The Morgan fingerprint density at radius 3 is 2.81 bits per heavy atom. The van der Waals surface area contributed by atoms with Crippen molar-refractivity contribution in [1.29, 1.82) is 0 Å². The summed E-state index contributed by atoms with van der Waals surface area (Å²) in [4.78, 5) is 4.52. The standard InChI is InChI=1S/C12H25N3S/c1-3-16-9-8-10(2)14-12(13)15-11-6-4-5-7-11/h10-11H,3-9H2,1-2H3,(H3,13,14,15). The molecular formula is C12H25N3S. The number of nitrogens with zero attached hydrogens (tertiary/aromatic N) is 1. The molecule has 1 aliphatic rings. The second-order valence-corrected chi connectivity index (χ2v) is 5.88. The van der Waals surface area contributed by atoms with Crippen LogP contribution in [0.2, 0.25) is 0 Å². The van der Waals surface area contributed by atoms with Crippen molar-refractivity contribution in [3.05, 3.63) is 0 Å². The van der Waals surface area contributed by atoms with Crippen LogP contribution in [0.5, 0.6) is 0 Å². The van der Waals surface area contributed by atoms with E-state index in [2.05, 4.69) is 24.2 Å². The molecule has 1 aliphatic carbocycles. The number of thioether (sulfide) groups is 1. The van der Waals surface area contributed by atoms with Gasteiger partial charge in [0.2, 0.25) is 0 Å². The number of hydrogen-bond acceptors (Lipinski definition) is 2. The Hall–Kier alpha value is -0.380. The van der Waals surface area contributed by atoms with Crippen molar-refractivity contribution in [2.75, 3.05) is 11.5 Å². The highest BCUT2D eigenvalue weighted by molar-refractivity contribution is 7.99. The van der Waals surface area contributed by atoms with Gasteiger partial charge in [-0.05, 0) is 37.7 Å². The lowest BCUT2D eigenvalue weighted by Crippen LogP contribution is -2.39. The molecule has 16 heavy (non-hydrogen) atoms. The summed E-state index contributed by atoms with van der Waals surface area (Å²) in [5.74, 6) is 3.03. The molecule has 0 amide bonds. The third-order valence-electron chi connectivity index (χ3n) is 2.94. The molecule has 0 heterocycles. The summed E-state index contributed by atoms with van der Waals surface area (Å²) < 4.78 is 0. The van der Waals surface area contributed by atoms with Gasteiger partial charge in [-0.3, -0.25) is 4.99 Å². The summed E-state index contributed by atoms with van der Waals surface area (Å²) in [5.41, 5.74) is 5.89. The van der Waals surface area contributed by atoms with Gasteiger partial charge in [-0.2, -0.15) is 11.8 Å². The smallest absolute Gasteiger partial charge is 0.189 e. The summed E-state index contributed by atoms with van der Waals surface area (Å²) in [6, 6.07) is 0.911. The van der Waals surface area contributed by atoms with Gasteiger partial charge >= 0.3 is 0 Å². The average molecular weight is 243 g/mol. The molecule has 94 valence electrons. The monoisotopic (exact) mass is 243 g/mol. The van der Waals surface area contributed by atoms with Gasteiger partial charge in [0.15, 0.2) is 5.96 Å². The summed E-state index contributed by atoms with van der Waals surface area (Å²) in [6.07, 6.45) is 6.19. The number of nitrogens with one attached hydrogen (secondary N) is 1. The molecule has 0 spiro atoms. The van der Waals surface area contributed by atoms with Crippen molar-refractivity contribution in [2.45, 2.75) is 58.0 Å². The zero-order valence-corrected chi connectivity index (χ0v) is 11.4. The SMILES string of the molecule is CCSCCC(C)NC(N)=NC1CCCC1. The molecule has 1 saturated carbocycles. The normalized spacial score (nSPS) is 20.0. The van der Waals surface area contributed by atoms with Crippen LogP contribution < -0.4 is 11.1 Å². The maximum Gasteiger partial charge on any atom is 0.189 e. The van der Waals surface area contributed by atoms with Gasteiger partial charge in [-0.15, -0.1) is 0 Å². The first-order valence-corrected chi connectivity index (χ1v) is 7.55. The van der Waals surface area contributed by atoms with Crippen molar-refractivity contribution >= 4 is 17.7 Å². The lowest BCUT2D eigenvalue weighted by atomic mass is 10.2. The number of hydrogen-bond donors (Lipinski definition) is 2. The largest absolute Gasteiger partial charge is 0.370 e. The van der Waals surface area contributed by atoms with E-state index >= 15 is 0 Å². The van der Waals surface area contributed by atoms with Crippen molar-refractivity contribution in [1.82, 2.24) is 5.32 Å². The number of guanidine groups is 1. The summed E-state index contributed by atoms with van der Waals surface area (Å²) >= 11 is 1.98. The van der Waals surface area contributed by atoms with Crippen LogP contribution in [-0.2, 0) is 0 Å². The molecule has 3 nitrogen and oxygen atoms in total. The molecule has 0 aromatic heterocycles. The maximum absolute atomic E-state index is 5.89. The van der Waals surface area contributed by atoms with E-state index in [0.29, 0.717) is 18.0 Å². The molecular weight excluding hydrogens is 218 g/mol. The first kappa shape index (κ1) is 13.7. The van der Waals surface area contributed by atoms with Crippen molar-refractivity contribution in [3.63, 3.8) is 0 Å². The fourth-order valence-corrected chi connectivity index (χ4v) is 2.81. The van der Waals surface area contributed by atoms with Gasteiger partial charge in [0.1, 0.15) is 0 Å². The first-order chi connectivity index (χ1) is 7.72. The van der Waals surface area contributed by atoms with Crippen LogP contribution >= 0.6 is 11.8 Å². The second-order valence-electron chi connectivity index (χ2n) is 4.48.